The third kappa shape index (κ3) is 5.32. The fraction of sp³-hybridized carbons (Fsp3) is 0.364. The van der Waals surface area contributed by atoms with Gasteiger partial charge in [0.25, 0.3) is 0 Å². The van der Waals surface area contributed by atoms with Crippen molar-refractivity contribution in [2.24, 2.45) is 5.73 Å². The molecule has 1 aromatic carbocycles. The lowest BCUT2D eigenvalue weighted by Crippen LogP contribution is -2.18. The molecule has 5 nitrogen and oxygen atoms in total. The second-order valence-corrected chi connectivity index (χ2v) is 6.52. The highest BCUT2D eigenvalue weighted by Gasteiger charge is 2.13. The summed E-state index contributed by atoms with van der Waals surface area (Å²) < 4.78 is 30.9. The van der Waals surface area contributed by atoms with Crippen molar-refractivity contribution in [2.45, 2.75) is 6.42 Å². The summed E-state index contributed by atoms with van der Waals surface area (Å²) in [5.74, 6) is -0.0472. The van der Waals surface area contributed by atoms with Crippen LogP contribution in [0.25, 0.3) is 0 Å². The number of hydrogen-bond donors (Lipinski definition) is 2. The van der Waals surface area contributed by atoms with Crippen LogP contribution in [0.1, 0.15) is 12.0 Å². The number of thiocarbonyl (C=S) groups is 1. The van der Waals surface area contributed by atoms with E-state index in [4.69, 9.17) is 34.3 Å². The van der Waals surface area contributed by atoms with Gasteiger partial charge in [0.1, 0.15) is 4.99 Å². The molecule has 1 rings (SSSR count). The van der Waals surface area contributed by atoms with E-state index in [1.54, 1.807) is 12.1 Å². The summed E-state index contributed by atoms with van der Waals surface area (Å²) in [7, 11) is -1.95. The first-order valence-electron chi connectivity index (χ1n) is 5.44. The second-order valence-electron chi connectivity index (χ2n) is 3.83. The Morgan fingerprint density at radius 2 is 2.21 bits per heavy atom. The minimum absolute atomic E-state index is 0.0472. The summed E-state index contributed by atoms with van der Waals surface area (Å²) in [4.78, 5) is 0.177. The first-order chi connectivity index (χ1) is 8.85. The second kappa shape index (κ2) is 7.04. The number of benzene rings is 1. The van der Waals surface area contributed by atoms with Crippen LogP contribution >= 0.6 is 23.8 Å². The van der Waals surface area contributed by atoms with Crippen molar-refractivity contribution < 1.29 is 13.2 Å². The van der Waals surface area contributed by atoms with E-state index in [1.165, 1.54) is 13.2 Å². The van der Waals surface area contributed by atoms with E-state index >= 15 is 0 Å². The van der Waals surface area contributed by atoms with Crippen LogP contribution in [0.2, 0.25) is 5.02 Å². The highest BCUT2D eigenvalue weighted by atomic mass is 35.5. The van der Waals surface area contributed by atoms with Crippen molar-refractivity contribution in [2.75, 3.05) is 24.2 Å². The van der Waals surface area contributed by atoms with Gasteiger partial charge in [-0.25, -0.2) is 8.42 Å². The molecule has 0 amide bonds. The Balaban J connectivity index is 2.86. The number of nitrogens with one attached hydrogen (secondary N) is 1. The Morgan fingerprint density at radius 1 is 1.53 bits per heavy atom. The lowest BCUT2D eigenvalue weighted by molar-refractivity contribution is 0.199. The molecule has 0 aliphatic heterocycles. The van der Waals surface area contributed by atoms with Crippen LogP contribution in [0.3, 0.4) is 0 Å². The molecular weight excluding hydrogens is 308 g/mol. The zero-order valence-corrected chi connectivity index (χ0v) is 12.7. The van der Waals surface area contributed by atoms with Crippen LogP contribution in [0, 0.1) is 0 Å². The van der Waals surface area contributed by atoms with Gasteiger partial charge in [-0.1, -0.05) is 29.9 Å². The SMILES string of the molecule is COCCCS(=O)(=O)Nc1cc(C(N)=S)ccc1Cl. The maximum absolute atomic E-state index is 11.8. The first-order valence-corrected chi connectivity index (χ1v) is 7.88. The third-order valence-corrected chi connectivity index (χ3v) is 4.20. The van der Waals surface area contributed by atoms with Gasteiger partial charge < -0.3 is 10.5 Å². The van der Waals surface area contributed by atoms with Crippen molar-refractivity contribution >= 4 is 44.5 Å². The molecule has 0 spiro atoms. The van der Waals surface area contributed by atoms with E-state index in [2.05, 4.69) is 4.72 Å². The molecule has 8 heteroatoms. The number of nitrogens with two attached hydrogens (primary N) is 1. The molecule has 0 saturated heterocycles. The van der Waals surface area contributed by atoms with Crippen LogP contribution in [0.4, 0.5) is 5.69 Å². The van der Waals surface area contributed by atoms with Gasteiger partial charge >= 0.3 is 0 Å². The molecule has 3 N–H and O–H groups in total. The largest absolute Gasteiger partial charge is 0.389 e. The number of anilines is 1. The Hall–Kier alpha value is -0.890. The fourth-order valence-corrected chi connectivity index (χ4v) is 2.82. The molecule has 0 heterocycles. The molecule has 0 saturated carbocycles. The normalized spacial score (nSPS) is 11.3. The summed E-state index contributed by atoms with van der Waals surface area (Å²) in [5.41, 5.74) is 6.31. The Kier molecular flexibility index (Phi) is 5.99. The van der Waals surface area contributed by atoms with Crippen LogP contribution < -0.4 is 10.5 Å². The first kappa shape index (κ1) is 16.2. The molecule has 0 aliphatic rings. The molecule has 0 bridgehead atoms. The zero-order chi connectivity index (χ0) is 14.5. The standard InChI is InChI=1S/C11H15ClN2O3S2/c1-17-5-2-6-19(15,16)14-10-7-8(11(13)18)3-4-9(10)12/h3-4,7,14H,2,5-6H2,1H3,(H2,13,18). The highest BCUT2D eigenvalue weighted by molar-refractivity contribution is 7.92. The van der Waals surface area contributed by atoms with E-state index < -0.39 is 10.0 Å². The van der Waals surface area contributed by atoms with Gasteiger partial charge in [0.2, 0.25) is 10.0 Å². The van der Waals surface area contributed by atoms with Crippen molar-refractivity contribution in [3.05, 3.63) is 28.8 Å². The van der Waals surface area contributed by atoms with Crippen LogP contribution in [0.15, 0.2) is 18.2 Å². The molecule has 106 valence electrons. The van der Waals surface area contributed by atoms with Crippen molar-refractivity contribution in [1.82, 2.24) is 0 Å². The van der Waals surface area contributed by atoms with Crippen molar-refractivity contribution in [3.8, 4) is 0 Å². The predicted octanol–water partition coefficient (Wildman–Crippen LogP) is 1.75. The van der Waals surface area contributed by atoms with E-state index in [9.17, 15) is 8.42 Å². The quantitative estimate of drug-likeness (QED) is 0.590. The van der Waals surface area contributed by atoms with Gasteiger partial charge in [-0.15, -0.1) is 0 Å². The summed E-state index contributed by atoms with van der Waals surface area (Å²) >= 11 is 10.8. The van der Waals surface area contributed by atoms with Gasteiger partial charge in [0.15, 0.2) is 0 Å². The number of halogens is 1. The van der Waals surface area contributed by atoms with Gasteiger partial charge in [0, 0.05) is 19.3 Å². The number of methoxy groups -OCH3 is 1. The van der Waals surface area contributed by atoms with E-state index in [-0.39, 0.29) is 21.5 Å². The molecule has 0 aliphatic carbocycles. The number of ether oxygens (including phenoxy) is 1. The van der Waals surface area contributed by atoms with Gasteiger partial charge in [-0.3, -0.25) is 4.72 Å². The molecule has 1 aromatic rings. The Morgan fingerprint density at radius 3 is 2.79 bits per heavy atom. The maximum Gasteiger partial charge on any atom is 0.232 e. The van der Waals surface area contributed by atoms with Crippen LogP contribution in [-0.4, -0.2) is 32.9 Å². The van der Waals surface area contributed by atoms with Gasteiger partial charge in [-0.2, -0.15) is 0 Å². The fourth-order valence-electron chi connectivity index (χ4n) is 1.37. The van der Waals surface area contributed by atoms with Crippen molar-refractivity contribution in [1.29, 1.82) is 0 Å². The topological polar surface area (TPSA) is 81.4 Å². The lowest BCUT2D eigenvalue weighted by Gasteiger charge is -2.10. The Labute approximate surface area is 123 Å². The van der Waals surface area contributed by atoms with E-state index in [0.717, 1.165) is 0 Å². The summed E-state index contributed by atoms with van der Waals surface area (Å²) in [6.45, 7) is 0.377. The van der Waals surface area contributed by atoms with E-state index in [0.29, 0.717) is 18.6 Å². The smallest absolute Gasteiger partial charge is 0.232 e. The molecule has 0 unspecified atom stereocenters. The molecule has 0 atom stereocenters. The number of rotatable bonds is 7. The summed E-state index contributed by atoms with van der Waals surface area (Å²) in [6.07, 6.45) is 0.401. The number of sulfonamides is 1. The third-order valence-electron chi connectivity index (χ3n) is 2.28. The van der Waals surface area contributed by atoms with E-state index in [1.807, 2.05) is 0 Å². The highest BCUT2D eigenvalue weighted by Crippen LogP contribution is 2.24. The predicted molar refractivity (Wildman–Crippen MR) is 81.2 cm³/mol. The average Bonchev–Trinajstić information content (AvgIpc) is 2.31. The molecule has 0 radical (unpaired) electrons. The Bertz CT molecular complexity index is 561. The molecule has 19 heavy (non-hydrogen) atoms. The maximum atomic E-state index is 11.8. The van der Waals surface area contributed by atoms with Gasteiger partial charge in [0.05, 0.1) is 16.5 Å². The molecular formula is C11H15ClN2O3S2. The average molecular weight is 323 g/mol. The van der Waals surface area contributed by atoms with Crippen LogP contribution in [-0.2, 0) is 14.8 Å². The minimum Gasteiger partial charge on any atom is -0.389 e. The summed E-state index contributed by atoms with van der Waals surface area (Å²) in [5, 5.41) is 0.287. The summed E-state index contributed by atoms with van der Waals surface area (Å²) in [6, 6.07) is 4.69. The van der Waals surface area contributed by atoms with Crippen LogP contribution in [0.5, 0.6) is 0 Å². The number of hydrogen-bond acceptors (Lipinski definition) is 4. The monoisotopic (exact) mass is 322 g/mol. The molecule has 0 fully saturated rings. The van der Waals surface area contributed by atoms with Crippen molar-refractivity contribution in [3.63, 3.8) is 0 Å². The molecule has 0 aromatic heterocycles. The lowest BCUT2D eigenvalue weighted by atomic mass is 10.2. The zero-order valence-electron chi connectivity index (χ0n) is 10.3. The van der Waals surface area contributed by atoms with Gasteiger partial charge in [-0.05, 0) is 18.6 Å². The minimum atomic E-state index is -3.47.